The number of sulfonamides is 1. The van der Waals surface area contributed by atoms with Crippen molar-refractivity contribution in [3.8, 4) is 0 Å². The third-order valence-electron chi connectivity index (χ3n) is 2.58. The molecule has 0 aliphatic rings. The summed E-state index contributed by atoms with van der Waals surface area (Å²) in [5, 5.41) is 0.247. The molecular formula is C11H13ClN4O2S. The van der Waals surface area contributed by atoms with E-state index in [4.69, 9.17) is 11.6 Å². The zero-order chi connectivity index (χ0) is 14.0. The molecule has 0 atom stereocenters. The van der Waals surface area contributed by atoms with Crippen molar-refractivity contribution in [2.24, 2.45) is 0 Å². The molecule has 8 heteroatoms. The van der Waals surface area contributed by atoms with E-state index in [1.165, 1.54) is 24.7 Å². The first kappa shape index (κ1) is 13.8. The smallest absolute Gasteiger partial charge is 0.281 e. The Bertz CT molecular complexity index is 696. The zero-order valence-electron chi connectivity index (χ0n) is 10.5. The highest BCUT2D eigenvalue weighted by molar-refractivity contribution is 7.92. The molecule has 0 amide bonds. The van der Waals surface area contributed by atoms with Crippen molar-refractivity contribution in [2.45, 2.75) is 25.4 Å². The Labute approximate surface area is 116 Å². The number of hydrogen-bond donors (Lipinski definition) is 1. The Kier molecular flexibility index (Phi) is 3.77. The van der Waals surface area contributed by atoms with E-state index in [0.29, 0.717) is 12.4 Å². The molecule has 0 saturated carbocycles. The third kappa shape index (κ3) is 2.87. The molecule has 0 saturated heterocycles. The first-order chi connectivity index (χ1) is 8.94. The molecule has 0 aromatic carbocycles. The van der Waals surface area contributed by atoms with E-state index < -0.39 is 10.0 Å². The van der Waals surface area contributed by atoms with Gasteiger partial charge in [0.25, 0.3) is 10.0 Å². The molecule has 1 N–H and O–H groups in total. The molecular weight excluding hydrogens is 288 g/mol. The highest BCUT2D eigenvalue weighted by Crippen LogP contribution is 2.22. The molecule has 0 fully saturated rings. The van der Waals surface area contributed by atoms with Crippen LogP contribution in [0.2, 0.25) is 5.02 Å². The fraction of sp³-hybridized carbons (Fsp3) is 0.273. The van der Waals surface area contributed by atoms with Crippen LogP contribution in [0.3, 0.4) is 0 Å². The molecule has 0 spiro atoms. The molecule has 0 aliphatic heterocycles. The first-order valence-corrected chi connectivity index (χ1v) is 7.46. The van der Waals surface area contributed by atoms with Gasteiger partial charge in [-0.15, -0.1) is 0 Å². The Balaban J connectivity index is 2.35. The van der Waals surface area contributed by atoms with Crippen LogP contribution in [0.1, 0.15) is 12.7 Å². The molecule has 102 valence electrons. The normalized spacial score (nSPS) is 11.5. The Morgan fingerprint density at radius 1 is 1.47 bits per heavy atom. The van der Waals surface area contributed by atoms with E-state index in [2.05, 4.69) is 14.7 Å². The molecule has 0 bridgehead atoms. The number of aryl methyl sites for hydroxylation is 2. The van der Waals surface area contributed by atoms with Crippen molar-refractivity contribution in [2.75, 3.05) is 4.72 Å². The lowest BCUT2D eigenvalue weighted by Gasteiger charge is -2.06. The predicted molar refractivity (Wildman–Crippen MR) is 72.7 cm³/mol. The number of hydrogen-bond acceptors (Lipinski definition) is 4. The monoisotopic (exact) mass is 300 g/mol. The number of anilines is 1. The quantitative estimate of drug-likeness (QED) is 0.937. The van der Waals surface area contributed by atoms with Crippen LogP contribution in [0, 0.1) is 6.92 Å². The number of halogens is 1. The van der Waals surface area contributed by atoms with Crippen molar-refractivity contribution < 1.29 is 8.42 Å². The molecule has 0 aliphatic carbocycles. The van der Waals surface area contributed by atoms with Gasteiger partial charge in [0.1, 0.15) is 5.82 Å². The highest BCUT2D eigenvalue weighted by atomic mass is 35.5. The molecule has 2 aromatic rings. The summed E-state index contributed by atoms with van der Waals surface area (Å²) in [6.07, 6.45) is 4.32. The number of nitrogens with one attached hydrogen (secondary N) is 1. The van der Waals surface area contributed by atoms with Crippen LogP contribution >= 0.6 is 11.6 Å². The molecule has 2 aromatic heterocycles. The van der Waals surface area contributed by atoms with E-state index >= 15 is 0 Å². The van der Waals surface area contributed by atoms with Gasteiger partial charge < -0.3 is 4.57 Å². The number of aromatic nitrogens is 3. The molecule has 0 radical (unpaired) electrons. The average molecular weight is 301 g/mol. The SMILES string of the molecule is CCn1cc(S(=O)(=O)Nc2cnccc2Cl)nc1C. The average Bonchev–Trinajstić information content (AvgIpc) is 2.74. The largest absolute Gasteiger partial charge is 0.334 e. The van der Waals surface area contributed by atoms with E-state index in [9.17, 15) is 8.42 Å². The standard InChI is InChI=1S/C11H13ClN4O2S/c1-3-16-7-11(14-8(16)2)19(17,18)15-10-6-13-5-4-9(10)12/h4-7,15H,3H2,1-2H3. The van der Waals surface area contributed by atoms with Gasteiger partial charge in [0.2, 0.25) is 0 Å². The fourth-order valence-corrected chi connectivity index (χ4v) is 2.86. The summed E-state index contributed by atoms with van der Waals surface area (Å²) in [6, 6.07) is 1.51. The highest BCUT2D eigenvalue weighted by Gasteiger charge is 2.20. The van der Waals surface area contributed by atoms with Gasteiger partial charge in [-0.3, -0.25) is 9.71 Å². The first-order valence-electron chi connectivity index (χ1n) is 5.60. The maximum absolute atomic E-state index is 12.2. The summed E-state index contributed by atoms with van der Waals surface area (Å²) in [5.41, 5.74) is 0.230. The minimum atomic E-state index is -3.75. The van der Waals surface area contributed by atoms with Gasteiger partial charge >= 0.3 is 0 Å². The predicted octanol–water partition coefficient (Wildman–Crippen LogP) is 2.06. The van der Waals surface area contributed by atoms with Gasteiger partial charge in [-0.25, -0.2) is 4.98 Å². The second-order valence-corrected chi connectivity index (χ2v) is 5.91. The number of pyridine rings is 1. The lowest BCUT2D eigenvalue weighted by molar-refractivity contribution is 0.598. The van der Waals surface area contributed by atoms with E-state index in [1.807, 2.05) is 6.92 Å². The number of nitrogens with zero attached hydrogens (tertiary/aromatic N) is 3. The van der Waals surface area contributed by atoms with Crippen LogP contribution in [-0.2, 0) is 16.6 Å². The second-order valence-electron chi connectivity index (χ2n) is 3.87. The number of imidazole rings is 1. The number of rotatable bonds is 4. The van der Waals surface area contributed by atoms with Crippen molar-refractivity contribution in [1.82, 2.24) is 14.5 Å². The van der Waals surface area contributed by atoms with Gasteiger partial charge in [-0.05, 0) is 19.9 Å². The molecule has 0 unspecified atom stereocenters. The van der Waals surface area contributed by atoms with Crippen LogP contribution in [0.5, 0.6) is 0 Å². The van der Waals surface area contributed by atoms with E-state index in [1.54, 1.807) is 11.5 Å². The second kappa shape index (κ2) is 5.18. The third-order valence-corrected chi connectivity index (χ3v) is 4.15. The summed E-state index contributed by atoms with van der Waals surface area (Å²) in [7, 11) is -3.75. The van der Waals surface area contributed by atoms with Crippen molar-refractivity contribution in [1.29, 1.82) is 0 Å². The molecule has 19 heavy (non-hydrogen) atoms. The Hall–Kier alpha value is -1.60. The Morgan fingerprint density at radius 3 is 2.79 bits per heavy atom. The van der Waals surface area contributed by atoms with Crippen molar-refractivity contribution >= 4 is 27.3 Å². The lowest BCUT2D eigenvalue weighted by Crippen LogP contribution is -2.14. The van der Waals surface area contributed by atoms with Crippen molar-refractivity contribution in [3.05, 3.63) is 35.5 Å². The van der Waals surface area contributed by atoms with Crippen LogP contribution in [0.15, 0.2) is 29.7 Å². The van der Waals surface area contributed by atoms with Gasteiger partial charge in [-0.1, -0.05) is 11.6 Å². The summed E-state index contributed by atoms with van der Waals surface area (Å²) in [4.78, 5) is 7.85. The summed E-state index contributed by atoms with van der Waals surface area (Å²) in [5.74, 6) is 0.639. The van der Waals surface area contributed by atoms with Crippen molar-refractivity contribution in [3.63, 3.8) is 0 Å². The van der Waals surface area contributed by atoms with Gasteiger partial charge in [0.15, 0.2) is 5.03 Å². The van der Waals surface area contributed by atoms with Crippen LogP contribution in [0.4, 0.5) is 5.69 Å². The van der Waals surface area contributed by atoms with Gasteiger partial charge in [0, 0.05) is 18.9 Å². The Morgan fingerprint density at radius 2 is 2.21 bits per heavy atom. The molecule has 2 heterocycles. The molecule has 6 nitrogen and oxygen atoms in total. The van der Waals surface area contributed by atoms with Gasteiger partial charge in [0.05, 0.1) is 16.9 Å². The lowest BCUT2D eigenvalue weighted by atomic mass is 10.4. The maximum Gasteiger partial charge on any atom is 0.281 e. The zero-order valence-corrected chi connectivity index (χ0v) is 12.0. The van der Waals surface area contributed by atoms with E-state index in [-0.39, 0.29) is 15.7 Å². The minimum absolute atomic E-state index is 0.0354. The summed E-state index contributed by atoms with van der Waals surface area (Å²) in [6.45, 7) is 4.32. The summed E-state index contributed by atoms with van der Waals surface area (Å²) < 4.78 is 28.4. The topological polar surface area (TPSA) is 76.9 Å². The minimum Gasteiger partial charge on any atom is -0.334 e. The fourth-order valence-electron chi connectivity index (χ4n) is 1.58. The van der Waals surface area contributed by atoms with Gasteiger partial charge in [-0.2, -0.15) is 8.42 Å². The van der Waals surface area contributed by atoms with Crippen LogP contribution in [0.25, 0.3) is 0 Å². The van der Waals surface area contributed by atoms with Crippen LogP contribution < -0.4 is 4.72 Å². The molecule has 2 rings (SSSR count). The van der Waals surface area contributed by atoms with Crippen LogP contribution in [-0.4, -0.2) is 23.0 Å². The summed E-state index contributed by atoms with van der Waals surface area (Å²) >= 11 is 5.89. The van der Waals surface area contributed by atoms with E-state index in [0.717, 1.165) is 0 Å². The maximum atomic E-state index is 12.2.